The van der Waals surface area contributed by atoms with Crippen LogP contribution < -0.4 is 15.4 Å². The van der Waals surface area contributed by atoms with Crippen molar-refractivity contribution in [2.24, 2.45) is 0 Å². The highest BCUT2D eigenvalue weighted by Gasteiger charge is 2.27. The monoisotopic (exact) mass is 468 g/mol. The van der Waals surface area contributed by atoms with Gasteiger partial charge < -0.3 is 15.4 Å². The Bertz CT molecular complexity index is 1090. The summed E-state index contributed by atoms with van der Waals surface area (Å²) in [5.74, 6) is 0.503. The second-order valence-electron chi connectivity index (χ2n) is 6.76. The van der Waals surface area contributed by atoms with Crippen LogP contribution >= 0.6 is 23.4 Å². The first-order valence-corrected chi connectivity index (χ1v) is 12.1. The Balaban J connectivity index is 1.72. The molecule has 0 bridgehead atoms. The van der Waals surface area contributed by atoms with Crippen LogP contribution in [-0.2, 0) is 19.4 Å². The SMILES string of the molecule is COc1ccc(NC(=O)C[C@@H](C)S(=O)(=O)c2ccc3c(c2)NC(=O)CCS3)cc1Cl. The standard InChI is InChI=1S/C20H21ClN2O5S2/c1-12(9-20(25)22-13-3-5-17(28-2)15(21)10-13)30(26,27)14-4-6-18-16(11-14)23-19(24)7-8-29-18/h3-6,10-12H,7-9H2,1-2H3,(H,22,25)(H,23,24)/t12-/m1/s1. The van der Waals surface area contributed by atoms with Crippen molar-refractivity contribution in [3.05, 3.63) is 41.4 Å². The van der Waals surface area contributed by atoms with Gasteiger partial charge in [0, 0.05) is 29.2 Å². The Morgan fingerprint density at radius 1 is 1.30 bits per heavy atom. The summed E-state index contributed by atoms with van der Waals surface area (Å²) >= 11 is 7.54. The summed E-state index contributed by atoms with van der Waals surface area (Å²) in [5, 5.41) is 4.76. The average molecular weight is 469 g/mol. The van der Waals surface area contributed by atoms with Gasteiger partial charge in [-0.25, -0.2) is 8.42 Å². The van der Waals surface area contributed by atoms with Crippen LogP contribution in [0, 0.1) is 0 Å². The van der Waals surface area contributed by atoms with Crippen LogP contribution in [0.3, 0.4) is 0 Å². The summed E-state index contributed by atoms with van der Waals surface area (Å²) in [4.78, 5) is 25.0. The molecule has 1 heterocycles. The zero-order chi connectivity index (χ0) is 21.9. The number of halogens is 1. The predicted octanol–water partition coefficient (Wildman–Crippen LogP) is 3.97. The molecule has 2 aromatic rings. The number of carbonyl (C=O) groups excluding carboxylic acids is 2. The number of sulfone groups is 1. The molecular weight excluding hydrogens is 448 g/mol. The molecule has 1 aliphatic rings. The number of thioether (sulfide) groups is 1. The van der Waals surface area contributed by atoms with Crippen molar-refractivity contribution in [1.29, 1.82) is 0 Å². The van der Waals surface area contributed by atoms with E-state index in [1.807, 2.05) is 0 Å². The molecule has 0 unspecified atom stereocenters. The van der Waals surface area contributed by atoms with E-state index in [-0.39, 0.29) is 17.2 Å². The van der Waals surface area contributed by atoms with Crippen molar-refractivity contribution in [2.75, 3.05) is 23.5 Å². The van der Waals surface area contributed by atoms with E-state index in [0.717, 1.165) is 4.90 Å². The van der Waals surface area contributed by atoms with Gasteiger partial charge in [0.05, 0.1) is 28.0 Å². The Hall–Kier alpha value is -2.23. The maximum atomic E-state index is 13.0. The highest BCUT2D eigenvalue weighted by atomic mass is 35.5. The highest BCUT2D eigenvalue weighted by Crippen LogP contribution is 2.34. The molecule has 0 saturated carbocycles. The number of benzene rings is 2. The first-order chi connectivity index (χ1) is 14.2. The van der Waals surface area contributed by atoms with Crippen molar-refractivity contribution in [1.82, 2.24) is 0 Å². The number of nitrogens with one attached hydrogen (secondary N) is 2. The van der Waals surface area contributed by atoms with Crippen LogP contribution in [0.1, 0.15) is 19.8 Å². The van der Waals surface area contributed by atoms with Gasteiger partial charge in [-0.05, 0) is 43.3 Å². The topological polar surface area (TPSA) is 102 Å². The first kappa shape index (κ1) is 22.5. The largest absolute Gasteiger partial charge is 0.495 e. The van der Waals surface area contributed by atoms with Gasteiger partial charge in [0.15, 0.2) is 9.84 Å². The van der Waals surface area contributed by atoms with E-state index in [2.05, 4.69) is 10.6 Å². The fourth-order valence-electron chi connectivity index (χ4n) is 2.94. The van der Waals surface area contributed by atoms with Crippen LogP contribution in [0.25, 0.3) is 0 Å². The Morgan fingerprint density at radius 3 is 2.77 bits per heavy atom. The normalized spacial score (nSPS) is 14.8. The minimum atomic E-state index is -3.78. The minimum Gasteiger partial charge on any atom is -0.495 e. The van der Waals surface area contributed by atoms with Gasteiger partial charge >= 0.3 is 0 Å². The van der Waals surface area contributed by atoms with E-state index in [9.17, 15) is 18.0 Å². The van der Waals surface area contributed by atoms with E-state index in [4.69, 9.17) is 16.3 Å². The fourth-order valence-corrected chi connectivity index (χ4v) is 5.51. The summed E-state index contributed by atoms with van der Waals surface area (Å²) in [7, 11) is -2.29. The van der Waals surface area contributed by atoms with Crippen LogP contribution in [0.15, 0.2) is 46.2 Å². The van der Waals surface area contributed by atoms with E-state index in [0.29, 0.717) is 34.3 Å². The summed E-state index contributed by atoms with van der Waals surface area (Å²) in [6, 6.07) is 9.42. The van der Waals surface area contributed by atoms with Crippen LogP contribution in [0.5, 0.6) is 5.75 Å². The molecule has 0 radical (unpaired) electrons. The van der Waals surface area contributed by atoms with E-state index in [1.54, 1.807) is 18.2 Å². The van der Waals surface area contributed by atoms with Gasteiger partial charge in [-0.3, -0.25) is 9.59 Å². The number of fused-ring (bicyclic) bond motifs is 1. The maximum Gasteiger partial charge on any atom is 0.225 e. The second-order valence-corrected chi connectivity index (χ2v) is 10.7. The van der Waals surface area contributed by atoms with Gasteiger partial charge in [0.2, 0.25) is 11.8 Å². The quantitative estimate of drug-likeness (QED) is 0.665. The number of amides is 2. The number of methoxy groups -OCH3 is 1. The molecule has 7 nitrogen and oxygen atoms in total. The van der Waals surface area contributed by atoms with E-state index < -0.39 is 21.0 Å². The molecule has 30 heavy (non-hydrogen) atoms. The van der Waals surface area contributed by atoms with Crippen molar-refractivity contribution in [3.8, 4) is 5.75 Å². The Labute approximate surface area is 184 Å². The minimum absolute atomic E-state index is 0.0665. The van der Waals surface area contributed by atoms with Gasteiger partial charge in [-0.1, -0.05) is 11.6 Å². The molecule has 160 valence electrons. The van der Waals surface area contributed by atoms with Crippen LogP contribution in [-0.4, -0.2) is 38.3 Å². The van der Waals surface area contributed by atoms with Crippen molar-refractivity contribution < 1.29 is 22.7 Å². The van der Waals surface area contributed by atoms with Gasteiger partial charge in [-0.15, -0.1) is 11.8 Å². The molecule has 3 rings (SSSR count). The molecule has 0 saturated heterocycles. The maximum absolute atomic E-state index is 13.0. The smallest absolute Gasteiger partial charge is 0.225 e. The zero-order valence-electron chi connectivity index (χ0n) is 16.4. The zero-order valence-corrected chi connectivity index (χ0v) is 18.8. The lowest BCUT2D eigenvalue weighted by molar-refractivity contribution is -0.116. The molecule has 0 spiro atoms. The number of rotatable bonds is 6. The Morgan fingerprint density at radius 2 is 2.07 bits per heavy atom. The molecule has 0 fully saturated rings. The van der Waals surface area contributed by atoms with Crippen molar-refractivity contribution in [2.45, 2.75) is 34.8 Å². The third-order valence-electron chi connectivity index (χ3n) is 4.58. The van der Waals surface area contributed by atoms with Gasteiger partial charge in [0.25, 0.3) is 0 Å². The predicted molar refractivity (Wildman–Crippen MR) is 118 cm³/mol. The number of carbonyl (C=O) groups is 2. The van der Waals surface area contributed by atoms with Gasteiger partial charge in [0.1, 0.15) is 5.75 Å². The molecule has 1 aliphatic heterocycles. The third kappa shape index (κ3) is 5.08. The lowest BCUT2D eigenvalue weighted by Gasteiger charge is -2.15. The summed E-state index contributed by atoms with van der Waals surface area (Å²) in [6.07, 6.45) is 0.136. The fraction of sp³-hybridized carbons (Fsp3) is 0.300. The number of hydrogen-bond donors (Lipinski definition) is 2. The molecule has 0 aromatic heterocycles. The molecule has 2 aromatic carbocycles. The Kier molecular flexibility index (Phi) is 6.95. The summed E-state index contributed by atoms with van der Waals surface area (Å²) in [5.41, 5.74) is 0.924. The molecule has 1 atom stereocenters. The molecule has 10 heteroatoms. The van der Waals surface area contributed by atoms with Crippen molar-refractivity contribution in [3.63, 3.8) is 0 Å². The molecule has 2 N–H and O–H groups in total. The molecular formula is C20H21ClN2O5S2. The third-order valence-corrected chi connectivity index (χ3v) is 8.09. The van der Waals surface area contributed by atoms with Crippen LogP contribution in [0.2, 0.25) is 5.02 Å². The van der Waals surface area contributed by atoms with Crippen molar-refractivity contribution >= 4 is 56.4 Å². The summed E-state index contributed by atoms with van der Waals surface area (Å²) in [6.45, 7) is 1.48. The lowest BCUT2D eigenvalue weighted by Crippen LogP contribution is -2.25. The molecule has 0 aliphatic carbocycles. The van der Waals surface area contributed by atoms with E-state index in [1.165, 1.54) is 44.0 Å². The van der Waals surface area contributed by atoms with Crippen LogP contribution in [0.4, 0.5) is 11.4 Å². The highest BCUT2D eigenvalue weighted by molar-refractivity contribution is 7.99. The second kappa shape index (κ2) is 9.28. The molecule has 2 amide bonds. The average Bonchev–Trinajstić information content (AvgIpc) is 2.87. The lowest BCUT2D eigenvalue weighted by atomic mass is 10.2. The first-order valence-electron chi connectivity index (χ1n) is 9.14. The number of ether oxygens (including phenoxy) is 1. The number of hydrogen-bond acceptors (Lipinski definition) is 6. The number of anilines is 2. The van der Waals surface area contributed by atoms with Gasteiger partial charge in [-0.2, -0.15) is 0 Å². The summed E-state index contributed by atoms with van der Waals surface area (Å²) < 4.78 is 31.0. The van der Waals surface area contributed by atoms with E-state index >= 15 is 0 Å².